The second kappa shape index (κ2) is 5.01. The van der Waals surface area contributed by atoms with E-state index in [1.807, 2.05) is 20.8 Å². The van der Waals surface area contributed by atoms with E-state index in [4.69, 9.17) is 0 Å². The zero-order valence-corrected chi connectivity index (χ0v) is 12.7. The first-order valence-corrected chi connectivity index (χ1v) is 7.69. The smallest absolute Gasteiger partial charge is 0.233 e. The van der Waals surface area contributed by atoms with Gasteiger partial charge in [0.1, 0.15) is 0 Å². The summed E-state index contributed by atoms with van der Waals surface area (Å²) >= 11 is 1.61. The number of carbonyl (C=O) groups excluding carboxylic acids is 1. The molecule has 0 saturated carbocycles. The fourth-order valence-corrected chi connectivity index (χ4v) is 3.84. The fraction of sp³-hybridized carbons (Fsp3) is 0.500. The first kappa shape index (κ1) is 13.3. The van der Waals surface area contributed by atoms with Gasteiger partial charge in [0.15, 0.2) is 5.13 Å². The molecule has 5 nitrogen and oxygen atoms in total. The van der Waals surface area contributed by atoms with Crippen LogP contribution in [0.15, 0.2) is 0 Å². The number of nitrogens with one attached hydrogen (secondary N) is 2. The second-order valence-electron chi connectivity index (χ2n) is 5.30. The Labute approximate surface area is 121 Å². The summed E-state index contributed by atoms with van der Waals surface area (Å²) in [6, 6.07) is 0. The maximum Gasteiger partial charge on any atom is 0.233 e. The molecule has 0 aliphatic heterocycles. The Kier molecular flexibility index (Phi) is 3.33. The Hall–Kier alpha value is -1.69. The van der Waals surface area contributed by atoms with Crippen LogP contribution in [0.4, 0.5) is 5.13 Å². The summed E-state index contributed by atoms with van der Waals surface area (Å²) in [4.78, 5) is 18.2. The lowest BCUT2D eigenvalue weighted by Gasteiger charge is -2.11. The van der Waals surface area contributed by atoms with Gasteiger partial charge in [0, 0.05) is 16.1 Å². The van der Waals surface area contributed by atoms with E-state index in [9.17, 15) is 4.79 Å². The van der Waals surface area contributed by atoms with Crippen molar-refractivity contribution in [2.45, 2.75) is 46.0 Å². The average Bonchev–Trinajstić information content (AvgIpc) is 3.04. The molecule has 106 valence electrons. The van der Waals surface area contributed by atoms with E-state index in [0.717, 1.165) is 40.6 Å². The second-order valence-corrected chi connectivity index (χ2v) is 6.38. The van der Waals surface area contributed by atoms with Crippen LogP contribution < -0.4 is 5.32 Å². The highest BCUT2D eigenvalue weighted by Crippen LogP contribution is 2.31. The molecule has 20 heavy (non-hydrogen) atoms. The van der Waals surface area contributed by atoms with Gasteiger partial charge in [-0.2, -0.15) is 5.10 Å². The third kappa shape index (κ3) is 2.24. The molecule has 2 N–H and O–H groups in total. The highest BCUT2D eigenvalue weighted by molar-refractivity contribution is 7.15. The van der Waals surface area contributed by atoms with E-state index in [1.54, 1.807) is 11.3 Å². The zero-order valence-electron chi connectivity index (χ0n) is 11.9. The van der Waals surface area contributed by atoms with Gasteiger partial charge in [0.25, 0.3) is 0 Å². The number of thiazole rings is 1. The Morgan fingerprint density at radius 3 is 2.85 bits per heavy atom. The molecule has 0 radical (unpaired) electrons. The first-order valence-electron chi connectivity index (χ1n) is 6.87. The van der Waals surface area contributed by atoms with Gasteiger partial charge in [-0.3, -0.25) is 9.89 Å². The third-order valence-electron chi connectivity index (χ3n) is 3.84. The number of carbonyl (C=O) groups is 1. The molecule has 2 heterocycles. The highest BCUT2D eigenvalue weighted by atomic mass is 32.1. The van der Waals surface area contributed by atoms with Gasteiger partial charge in [-0.15, -0.1) is 11.3 Å². The molecule has 1 atom stereocenters. The molecule has 0 saturated heterocycles. The number of hydrogen-bond acceptors (Lipinski definition) is 4. The van der Waals surface area contributed by atoms with E-state index < -0.39 is 0 Å². The minimum atomic E-state index is -0.229. The number of anilines is 1. The van der Waals surface area contributed by atoms with Crippen molar-refractivity contribution in [1.82, 2.24) is 15.2 Å². The summed E-state index contributed by atoms with van der Waals surface area (Å²) in [5.41, 5.74) is 3.97. The Bertz CT molecular complexity index is 617. The van der Waals surface area contributed by atoms with Crippen molar-refractivity contribution in [2.75, 3.05) is 5.32 Å². The van der Waals surface area contributed by atoms with Crippen LogP contribution in [0.25, 0.3) is 0 Å². The van der Waals surface area contributed by atoms with E-state index in [2.05, 4.69) is 20.5 Å². The minimum absolute atomic E-state index is 0.0231. The largest absolute Gasteiger partial charge is 0.301 e. The Morgan fingerprint density at radius 1 is 1.40 bits per heavy atom. The van der Waals surface area contributed by atoms with Crippen LogP contribution >= 0.6 is 11.3 Å². The van der Waals surface area contributed by atoms with Gasteiger partial charge in [0.2, 0.25) is 5.91 Å². The van der Waals surface area contributed by atoms with Gasteiger partial charge in [-0.25, -0.2) is 4.98 Å². The summed E-state index contributed by atoms with van der Waals surface area (Å²) < 4.78 is 0. The molecule has 6 heteroatoms. The molecule has 1 amide bonds. The molecule has 0 aromatic carbocycles. The fourth-order valence-electron chi connectivity index (χ4n) is 2.79. The number of nitrogens with zero attached hydrogens (tertiary/aromatic N) is 2. The molecule has 1 aliphatic carbocycles. The van der Waals surface area contributed by atoms with E-state index in [1.165, 1.54) is 11.3 Å². The lowest BCUT2D eigenvalue weighted by molar-refractivity contribution is -0.117. The average molecular weight is 290 g/mol. The topological polar surface area (TPSA) is 70.7 Å². The van der Waals surface area contributed by atoms with Crippen molar-refractivity contribution < 1.29 is 4.79 Å². The summed E-state index contributed by atoms with van der Waals surface area (Å²) in [5.74, 6) is -0.252. The number of H-pyrrole nitrogens is 1. The Balaban J connectivity index is 1.75. The normalized spacial score (nSPS) is 15.2. The molecule has 0 spiro atoms. The summed E-state index contributed by atoms with van der Waals surface area (Å²) in [5, 5.41) is 10.7. The molecular weight excluding hydrogens is 272 g/mol. The van der Waals surface area contributed by atoms with Crippen molar-refractivity contribution in [3.8, 4) is 0 Å². The molecule has 2 aromatic heterocycles. The number of fused-ring (bicyclic) bond motifs is 1. The molecule has 0 bridgehead atoms. The molecule has 1 aliphatic rings. The number of aromatic amines is 1. The summed E-state index contributed by atoms with van der Waals surface area (Å²) in [6.07, 6.45) is 3.32. The summed E-state index contributed by atoms with van der Waals surface area (Å²) in [6.45, 7) is 5.76. The lowest BCUT2D eigenvalue weighted by atomic mass is 9.98. The van der Waals surface area contributed by atoms with Crippen LogP contribution in [0.2, 0.25) is 0 Å². The van der Waals surface area contributed by atoms with Crippen molar-refractivity contribution >= 4 is 22.4 Å². The predicted molar refractivity (Wildman–Crippen MR) is 79.2 cm³/mol. The molecule has 2 aromatic rings. The summed E-state index contributed by atoms with van der Waals surface area (Å²) in [7, 11) is 0. The lowest BCUT2D eigenvalue weighted by Crippen LogP contribution is -2.19. The van der Waals surface area contributed by atoms with Gasteiger partial charge < -0.3 is 5.32 Å². The third-order valence-corrected chi connectivity index (χ3v) is 4.91. The number of aryl methyl sites for hydroxylation is 4. The van der Waals surface area contributed by atoms with Crippen LogP contribution in [0.3, 0.4) is 0 Å². The zero-order chi connectivity index (χ0) is 14.3. The predicted octanol–water partition coefficient (Wildman–Crippen LogP) is 2.71. The number of hydrogen-bond donors (Lipinski definition) is 2. The highest BCUT2D eigenvalue weighted by Gasteiger charge is 2.23. The van der Waals surface area contributed by atoms with E-state index in [-0.39, 0.29) is 11.8 Å². The van der Waals surface area contributed by atoms with Crippen LogP contribution in [-0.4, -0.2) is 21.1 Å². The standard InChI is InChI=1S/C14H18N4OS/c1-7(12-8(2)17-18-9(12)3)13(19)16-14-15-10-5-4-6-11(10)20-14/h7H,4-6H2,1-3H3,(H,17,18)(H,15,16,19)/t7-/m0/s1. The maximum absolute atomic E-state index is 12.4. The quantitative estimate of drug-likeness (QED) is 0.913. The first-order chi connectivity index (χ1) is 9.56. The maximum atomic E-state index is 12.4. The van der Waals surface area contributed by atoms with Crippen LogP contribution in [0.1, 0.15) is 46.8 Å². The van der Waals surface area contributed by atoms with Gasteiger partial charge in [-0.05, 0) is 40.0 Å². The van der Waals surface area contributed by atoms with Crippen molar-refractivity contribution in [3.05, 3.63) is 27.5 Å². The van der Waals surface area contributed by atoms with Crippen LogP contribution in [-0.2, 0) is 17.6 Å². The van der Waals surface area contributed by atoms with Crippen LogP contribution in [0.5, 0.6) is 0 Å². The molecular formula is C14H18N4OS. The van der Waals surface area contributed by atoms with E-state index >= 15 is 0 Å². The molecule has 0 fully saturated rings. The number of rotatable bonds is 3. The van der Waals surface area contributed by atoms with Gasteiger partial charge in [-0.1, -0.05) is 0 Å². The van der Waals surface area contributed by atoms with Crippen molar-refractivity contribution in [2.24, 2.45) is 0 Å². The van der Waals surface area contributed by atoms with Gasteiger partial charge in [0.05, 0.1) is 17.3 Å². The number of amides is 1. The SMILES string of the molecule is Cc1n[nH]c(C)c1[C@H](C)C(=O)Nc1nc2c(s1)CCC2. The monoisotopic (exact) mass is 290 g/mol. The molecule has 0 unspecified atom stereocenters. The minimum Gasteiger partial charge on any atom is -0.301 e. The van der Waals surface area contributed by atoms with Crippen LogP contribution in [0, 0.1) is 13.8 Å². The molecule has 3 rings (SSSR count). The Morgan fingerprint density at radius 2 is 2.20 bits per heavy atom. The van der Waals surface area contributed by atoms with Crippen molar-refractivity contribution in [1.29, 1.82) is 0 Å². The van der Waals surface area contributed by atoms with E-state index in [0.29, 0.717) is 0 Å². The number of aromatic nitrogens is 3. The van der Waals surface area contributed by atoms with Crippen molar-refractivity contribution in [3.63, 3.8) is 0 Å². The van der Waals surface area contributed by atoms with Gasteiger partial charge >= 0.3 is 0 Å².